The van der Waals surface area contributed by atoms with E-state index in [2.05, 4.69) is 45.9 Å². The number of fused-ring (bicyclic) bond motifs is 2. The Morgan fingerprint density at radius 1 is 1.40 bits per heavy atom. The highest BCUT2D eigenvalue weighted by Crippen LogP contribution is 2.35. The molecule has 3 aromatic rings. The second kappa shape index (κ2) is 4.59. The zero-order chi connectivity index (χ0) is 13.5. The number of aromatic nitrogens is 3. The molecule has 4 rings (SSSR count). The summed E-state index contributed by atoms with van der Waals surface area (Å²) >= 11 is 1.87. The third-order valence-electron chi connectivity index (χ3n) is 3.90. The van der Waals surface area contributed by atoms with Crippen LogP contribution >= 0.6 is 11.3 Å². The molecule has 102 valence electrons. The predicted octanol–water partition coefficient (Wildman–Crippen LogP) is 3.59. The molecule has 0 aromatic carbocycles. The van der Waals surface area contributed by atoms with Crippen LogP contribution in [0.1, 0.15) is 34.9 Å². The van der Waals surface area contributed by atoms with Crippen molar-refractivity contribution in [2.45, 2.75) is 32.2 Å². The number of rotatable bonds is 2. The topological polar surface area (TPSA) is 42.2 Å². The Hall–Kier alpha value is -1.88. The summed E-state index contributed by atoms with van der Waals surface area (Å²) in [7, 11) is 0. The summed E-state index contributed by atoms with van der Waals surface area (Å²) in [6, 6.07) is 6.84. The highest BCUT2D eigenvalue weighted by molar-refractivity contribution is 7.10. The fourth-order valence-electron chi connectivity index (χ4n) is 2.97. The van der Waals surface area contributed by atoms with Gasteiger partial charge in [0.15, 0.2) is 5.65 Å². The molecule has 3 aromatic heterocycles. The number of nitrogens with one attached hydrogen (secondary N) is 1. The second-order valence-electron chi connectivity index (χ2n) is 5.34. The van der Waals surface area contributed by atoms with Crippen LogP contribution in [0.2, 0.25) is 0 Å². The monoisotopic (exact) mass is 284 g/mol. The summed E-state index contributed by atoms with van der Waals surface area (Å²) in [6.07, 6.45) is 5.25. The lowest BCUT2D eigenvalue weighted by Gasteiger charge is -2.25. The van der Waals surface area contributed by atoms with Crippen LogP contribution in [0.15, 0.2) is 29.9 Å². The molecule has 4 nitrogen and oxygen atoms in total. The Balaban J connectivity index is 1.74. The number of nitrogens with zero attached hydrogens (tertiary/aromatic N) is 3. The van der Waals surface area contributed by atoms with Crippen LogP contribution in [0.25, 0.3) is 5.65 Å². The number of aryl methyl sites for hydroxylation is 2. The molecule has 1 atom stereocenters. The molecule has 20 heavy (non-hydrogen) atoms. The number of hydrogen-bond acceptors (Lipinski definition) is 4. The van der Waals surface area contributed by atoms with Gasteiger partial charge in [0.1, 0.15) is 12.1 Å². The van der Waals surface area contributed by atoms with Crippen molar-refractivity contribution in [1.29, 1.82) is 0 Å². The normalized spacial score (nSPS) is 18.1. The largest absolute Gasteiger partial charge is 0.363 e. The van der Waals surface area contributed by atoms with E-state index in [9.17, 15) is 0 Å². The van der Waals surface area contributed by atoms with Crippen molar-refractivity contribution >= 4 is 22.8 Å². The summed E-state index contributed by atoms with van der Waals surface area (Å²) in [5.41, 5.74) is 3.55. The van der Waals surface area contributed by atoms with Crippen molar-refractivity contribution in [3.05, 3.63) is 45.9 Å². The third-order valence-corrected chi connectivity index (χ3v) is 4.89. The number of hydrogen-bond donors (Lipinski definition) is 1. The highest BCUT2D eigenvalue weighted by Gasteiger charge is 2.21. The Labute approximate surface area is 121 Å². The van der Waals surface area contributed by atoms with E-state index in [1.807, 2.05) is 15.9 Å². The maximum Gasteiger partial charge on any atom is 0.157 e. The lowest BCUT2D eigenvalue weighted by Crippen LogP contribution is -2.17. The standard InChI is InChI=1S/C15H16N4S/c1-10-7-14-16-9-17-19(14)15(8-10)18-12-3-2-4-13-11(12)5-6-20-13/h5-9,12,18H,2-4H2,1H3. The minimum absolute atomic E-state index is 0.388. The van der Waals surface area contributed by atoms with Crippen molar-refractivity contribution in [3.8, 4) is 0 Å². The molecular formula is C15H16N4S. The smallest absolute Gasteiger partial charge is 0.157 e. The van der Waals surface area contributed by atoms with Crippen molar-refractivity contribution in [1.82, 2.24) is 14.6 Å². The van der Waals surface area contributed by atoms with E-state index in [0.29, 0.717) is 6.04 Å². The molecule has 0 saturated carbocycles. The summed E-state index contributed by atoms with van der Waals surface area (Å²) in [5, 5.41) is 10.2. The maximum absolute atomic E-state index is 4.31. The minimum Gasteiger partial charge on any atom is -0.363 e. The molecule has 0 fully saturated rings. The summed E-state index contributed by atoms with van der Waals surface area (Å²) < 4.78 is 1.88. The van der Waals surface area contributed by atoms with E-state index in [1.165, 1.54) is 35.3 Å². The molecule has 5 heteroatoms. The molecule has 0 bridgehead atoms. The Morgan fingerprint density at radius 2 is 2.35 bits per heavy atom. The minimum atomic E-state index is 0.388. The SMILES string of the molecule is Cc1cc(NC2CCCc3sccc32)n2ncnc2c1. The first-order valence-corrected chi connectivity index (χ1v) is 7.82. The lowest BCUT2D eigenvalue weighted by molar-refractivity contribution is 0.604. The molecule has 0 aliphatic heterocycles. The Bertz CT molecular complexity index is 758. The van der Waals surface area contributed by atoms with E-state index in [1.54, 1.807) is 6.33 Å². The molecule has 1 unspecified atom stereocenters. The van der Waals surface area contributed by atoms with Gasteiger partial charge in [-0.1, -0.05) is 0 Å². The van der Waals surface area contributed by atoms with Crippen molar-refractivity contribution in [2.75, 3.05) is 5.32 Å². The average Bonchev–Trinajstić information content (AvgIpc) is 3.06. The van der Waals surface area contributed by atoms with Crippen LogP contribution in [0.4, 0.5) is 5.82 Å². The van der Waals surface area contributed by atoms with Gasteiger partial charge in [-0.2, -0.15) is 9.61 Å². The highest BCUT2D eigenvalue weighted by atomic mass is 32.1. The zero-order valence-electron chi connectivity index (χ0n) is 11.3. The van der Waals surface area contributed by atoms with E-state index in [-0.39, 0.29) is 0 Å². The van der Waals surface area contributed by atoms with Crippen LogP contribution in [0.5, 0.6) is 0 Å². The predicted molar refractivity (Wildman–Crippen MR) is 81.3 cm³/mol. The van der Waals surface area contributed by atoms with E-state index >= 15 is 0 Å². The fourth-order valence-corrected chi connectivity index (χ4v) is 3.96. The first-order valence-electron chi connectivity index (χ1n) is 6.94. The molecule has 0 saturated heterocycles. The van der Waals surface area contributed by atoms with Crippen LogP contribution in [0.3, 0.4) is 0 Å². The van der Waals surface area contributed by atoms with Gasteiger partial charge < -0.3 is 5.32 Å². The number of thiophene rings is 1. The lowest BCUT2D eigenvalue weighted by atomic mass is 9.94. The van der Waals surface area contributed by atoms with Gasteiger partial charge in [0.2, 0.25) is 0 Å². The van der Waals surface area contributed by atoms with Crippen molar-refractivity contribution in [2.24, 2.45) is 0 Å². The quantitative estimate of drug-likeness (QED) is 0.782. The Kier molecular flexibility index (Phi) is 2.73. The van der Waals surface area contributed by atoms with Gasteiger partial charge in [0.05, 0.1) is 6.04 Å². The van der Waals surface area contributed by atoms with Crippen molar-refractivity contribution < 1.29 is 0 Å². The van der Waals surface area contributed by atoms with Gasteiger partial charge in [0, 0.05) is 4.88 Å². The van der Waals surface area contributed by atoms with Gasteiger partial charge >= 0.3 is 0 Å². The molecule has 0 spiro atoms. The van der Waals surface area contributed by atoms with E-state index in [0.717, 1.165) is 11.5 Å². The van der Waals surface area contributed by atoms with Gasteiger partial charge in [-0.25, -0.2) is 4.98 Å². The molecule has 0 radical (unpaired) electrons. The van der Waals surface area contributed by atoms with E-state index in [4.69, 9.17) is 0 Å². The van der Waals surface area contributed by atoms with E-state index < -0.39 is 0 Å². The molecule has 1 N–H and O–H groups in total. The third kappa shape index (κ3) is 1.89. The average molecular weight is 284 g/mol. The van der Waals surface area contributed by atoms with Crippen LogP contribution in [-0.4, -0.2) is 14.6 Å². The summed E-state index contributed by atoms with van der Waals surface area (Å²) in [4.78, 5) is 5.81. The van der Waals surface area contributed by atoms with Crippen LogP contribution in [-0.2, 0) is 6.42 Å². The maximum atomic E-state index is 4.31. The molecule has 1 aliphatic carbocycles. The Morgan fingerprint density at radius 3 is 3.30 bits per heavy atom. The first-order chi connectivity index (χ1) is 9.81. The molecule has 0 amide bonds. The first kappa shape index (κ1) is 11.9. The number of anilines is 1. The van der Waals surface area contributed by atoms with Gasteiger partial charge in [0.25, 0.3) is 0 Å². The zero-order valence-corrected chi connectivity index (χ0v) is 12.2. The molecule has 3 heterocycles. The fraction of sp³-hybridized carbons (Fsp3) is 0.333. The van der Waals surface area contributed by atoms with Crippen LogP contribution < -0.4 is 5.32 Å². The molecule has 1 aliphatic rings. The molecular weight excluding hydrogens is 268 g/mol. The summed E-state index contributed by atoms with van der Waals surface area (Å²) in [6.45, 7) is 2.09. The van der Waals surface area contributed by atoms with Crippen LogP contribution in [0, 0.1) is 6.92 Å². The summed E-state index contributed by atoms with van der Waals surface area (Å²) in [5.74, 6) is 1.03. The second-order valence-corrected chi connectivity index (χ2v) is 6.34. The number of pyridine rings is 1. The van der Waals surface area contributed by atoms with Crippen molar-refractivity contribution in [3.63, 3.8) is 0 Å². The van der Waals surface area contributed by atoms with Gasteiger partial charge in [-0.3, -0.25) is 0 Å². The van der Waals surface area contributed by atoms with Gasteiger partial charge in [-0.15, -0.1) is 11.3 Å². The van der Waals surface area contributed by atoms with Gasteiger partial charge in [-0.05, 0) is 60.9 Å².